The van der Waals surface area contributed by atoms with Gasteiger partial charge in [0.2, 0.25) is 0 Å². The molecule has 0 heterocycles. The molecule has 4 bridgehead atoms. The topological polar surface area (TPSA) is 20.2 Å². The monoisotopic (exact) mass is 206 g/mol. The first-order valence-electron chi connectivity index (χ1n) is 6.76. The van der Waals surface area contributed by atoms with Crippen molar-refractivity contribution in [2.24, 2.45) is 40.9 Å². The Balaban J connectivity index is 1.73. The Morgan fingerprint density at radius 1 is 1.00 bits per heavy atom. The highest BCUT2D eigenvalue weighted by Gasteiger charge is 2.66. The van der Waals surface area contributed by atoms with Gasteiger partial charge in [-0.1, -0.05) is 13.8 Å². The van der Waals surface area contributed by atoms with Crippen LogP contribution in [0, 0.1) is 40.9 Å². The highest BCUT2D eigenvalue weighted by molar-refractivity contribution is 5.14. The summed E-state index contributed by atoms with van der Waals surface area (Å²) in [7, 11) is 0. The quantitative estimate of drug-likeness (QED) is 0.604. The van der Waals surface area contributed by atoms with Crippen LogP contribution < -0.4 is 0 Å². The van der Waals surface area contributed by atoms with Crippen molar-refractivity contribution < 1.29 is 5.11 Å². The second-order valence-corrected chi connectivity index (χ2v) is 7.41. The Morgan fingerprint density at radius 3 is 2.60 bits per heavy atom. The number of hydrogen-bond donors (Lipinski definition) is 1. The third-order valence-electron chi connectivity index (χ3n) is 6.45. The maximum Gasteiger partial charge on any atom is 0.0574 e. The van der Waals surface area contributed by atoms with Crippen molar-refractivity contribution >= 4 is 0 Å². The van der Waals surface area contributed by atoms with E-state index in [2.05, 4.69) is 13.8 Å². The molecule has 0 aromatic carbocycles. The molecule has 84 valence electrons. The van der Waals surface area contributed by atoms with E-state index in [0.717, 1.165) is 36.0 Å². The van der Waals surface area contributed by atoms with Crippen LogP contribution >= 0.6 is 0 Å². The molecule has 7 unspecified atom stereocenters. The lowest BCUT2D eigenvalue weighted by atomic mass is 9.62. The van der Waals surface area contributed by atoms with E-state index in [1.165, 1.54) is 19.3 Å². The molecule has 4 rings (SSSR count). The SMILES string of the molecule is CC1(C)CC2CC1C1C3CC(O)C(C3)C21. The number of aliphatic hydroxyl groups excluding tert-OH is 1. The van der Waals surface area contributed by atoms with Crippen molar-refractivity contribution in [2.45, 2.75) is 45.6 Å². The molecule has 0 aromatic rings. The Morgan fingerprint density at radius 2 is 1.80 bits per heavy atom. The lowest BCUT2D eigenvalue weighted by molar-refractivity contribution is -0.00360. The van der Waals surface area contributed by atoms with E-state index < -0.39 is 0 Å². The standard InChI is InChI=1S/C14H22O/c1-14(2)6-8-4-10(14)13-7-3-9(12(8)13)11(15)5-7/h7-13,15H,3-6H2,1-2H3. The molecule has 15 heavy (non-hydrogen) atoms. The second-order valence-electron chi connectivity index (χ2n) is 7.41. The van der Waals surface area contributed by atoms with Crippen LogP contribution in [0.3, 0.4) is 0 Å². The summed E-state index contributed by atoms with van der Waals surface area (Å²) in [5.41, 5.74) is 0.612. The van der Waals surface area contributed by atoms with Gasteiger partial charge in [0, 0.05) is 0 Å². The fourth-order valence-corrected chi connectivity index (χ4v) is 6.20. The molecule has 7 atom stereocenters. The molecule has 4 aliphatic rings. The van der Waals surface area contributed by atoms with Gasteiger partial charge in [-0.15, -0.1) is 0 Å². The molecule has 0 radical (unpaired) electrons. The Kier molecular flexibility index (Phi) is 1.47. The molecule has 0 aliphatic heterocycles. The number of aliphatic hydroxyl groups is 1. The number of hydrogen-bond acceptors (Lipinski definition) is 1. The van der Waals surface area contributed by atoms with Crippen molar-refractivity contribution in [2.75, 3.05) is 0 Å². The Hall–Kier alpha value is -0.0400. The molecule has 0 spiro atoms. The summed E-state index contributed by atoms with van der Waals surface area (Å²) < 4.78 is 0. The van der Waals surface area contributed by atoms with Crippen molar-refractivity contribution in [1.29, 1.82) is 0 Å². The molecule has 0 aromatic heterocycles. The van der Waals surface area contributed by atoms with Crippen LogP contribution in [-0.2, 0) is 0 Å². The molecule has 1 N–H and O–H groups in total. The maximum atomic E-state index is 10.0. The zero-order valence-corrected chi connectivity index (χ0v) is 9.82. The molecule has 1 heteroatoms. The lowest BCUT2D eigenvalue weighted by Gasteiger charge is -2.44. The summed E-state index contributed by atoms with van der Waals surface area (Å²) in [4.78, 5) is 0. The summed E-state index contributed by atoms with van der Waals surface area (Å²) >= 11 is 0. The minimum Gasteiger partial charge on any atom is -0.393 e. The summed E-state index contributed by atoms with van der Waals surface area (Å²) in [5.74, 6) is 5.49. The van der Waals surface area contributed by atoms with Crippen molar-refractivity contribution in [3.05, 3.63) is 0 Å². The minimum absolute atomic E-state index is 0.0683. The van der Waals surface area contributed by atoms with E-state index in [1.54, 1.807) is 0 Å². The van der Waals surface area contributed by atoms with Gasteiger partial charge in [0.25, 0.3) is 0 Å². The zero-order valence-electron chi connectivity index (χ0n) is 9.82. The average molecular weight is 206 g/mol. The van der Waals surface area contributed by atoms with E-state index in [9.17, 15) is 5.11 Å². The minimum atomic E-state index is 0.0683. The van der Waals surface area contributed by atoms with Gasteiger partial charge in [-0.2, -0.15) is 0 Å². The van der Waals surface area contributed by atoms with Crippen LogP contribution in [0.5, 0.6) is 0 Å². The first-order chi connectivity index (χ1) is 7.08. The summed E-state index contributed by atoms with van der Waals surface area (Å²) in [6.45, 7) is 4.96. The maximum absolute atomic E-state index is 10.0. The largest absolute Gasteiger partial charge is 0.393 e. The molecule has 0 saturated heterocycles. The smallest absolute Gasteiger partial charge is 0.0574 e. The van der Waals surface area contributed by atoms with Gasteiger partial charge in [0.15, 0.2) is 0 Å². The van der Waals surface area contributed by atoms with Gasteiger partial charge >= 0.3 is 0 Å². The molecule has 4 aliphatic carbocycles. The Labute approximate surface area is 92.3 Å². The predicted molar refractivity (Wildman–Crippen MR) is 59.2 cm³/mol. The molecular weight excluding hydrogens is 184 g/mol. The molecular formula is C14H22O. The third-order valence-corrected chi connectivity index (χ3v) is 6.45. The number of rotatable bonds is 0. The van der Waals surface area contributed by atoms with E-state index >= 15 is 0 Å². The third kappa shape index (κ3) is 0.906. The zero-order chi connectivity index (χ0) is 10.4. The highest BCUT2D eigenvalue weighted by Crippen LogP contribution is 2.71. The van der Waals surface area contributed by atoms with Crippen molar-refractivity contribution in [3.63, 3.8) is 0 Å². The fraction of sp³-hybridized carbons (Fsp3) is 1.00. The molecule has 0 amide bonds. The van der Waals surface area contributed by atoms with Gasteiger partial charge in [-0.05, 0) is 66.6 Å². The van der Waals surface area contributed by atoms with Crippen molar-refractivity contribution in [3.8, 4) is 0 Å². The summed E-state index contributed by atoms with van der Waals surface area (Å²) in [6, 6.07) is 0. The summed E-state index contributed by atoms with van der Waals surface area (Å²) in [6.07, 6.45) is 5.49. The first kappa shape index (κ1) is 9.04. The van der Waals surface area contributed by atoms with E-state index in [-0.39, 0.29) is 6.10 Å². The average Bonchev–Trinajstić information content (AvgIpc) is 2.77. The van der Waals surface area contributed by atoms with Crippen LogP contribution in [0.2, 0.25) is 0 Å². The first-order valence-corrected chi connectivity index (χ1v) is 6.76. The van der Waals surface area contributed by atoms with E-state index in [1.807, 2.05) is 0 Å². The lowest BCUT2D eigenvalue weighted by Crippen LogP contribution is -2.40. The van der Waals surface area contributed by atoms with Gasteiger partial charge in [0.05, 0.1) is 6.10 Å². The van der Waals surface area contributed by atoms with E-state index in [4.69, 9.17) is 0 Å². The molecule has 4 fully saturated rings. The second kappa shape index (κ2) is 2.45. The Bertz CT molecular complexity index is 308. The van der Waals surface area contributed by atoms with Gasteiger partial charge in [-0.3, -0.25) is 0 Å². The van der Waals surface area contributed by atoms with Crippen LogP contribution in [0.4, 0.5) is 0 Å². The van der Waals surface area contributed by atoms with E-state index in [0.29, 0.717) is 11.3 Å². The summed E-state index contributed by atoms with van der Waals surface area (Å²) in [5, 5.41) is 10.0. The van der Waals surface area contributed by atoms with Gasteiger partial charge in [-0.25, -0.2) is 0 Å². The predicted octanol–water partition coefficient (Wildman–Crippen LogP) is 2.69. The van der Waals surface area contributed by atoms with Crippen molar-refractivity contribution in [1.82, 2.24) is 0 Å². The number of fused-ring (bicyclic) bond motifs is 9. The van der Waals surface area contributed by atoms with Gasteiger partial charge in [0.1, 0.15) is 0 Å². The molecule has 4 saturated carbocycles. The molecule has 1 nitrogen and oxygen atoms in total. The highest BCUT2D eigenvalue weighted by atomic mass is 16.3. The fourth-order valence-electron chi connectivity index (χ4n) is 6.20. The van der Waals surface area contributed by atoms with Crippen LogP contribution in [0.15, 0.2) is 0 Å². The van der Waals surface area contributed by atoms with Crippen LogP contribution in [-0.4, -0.2) is 11.2 Å². The van der Waals surface area contributed by atoms with Gasteiger partial charge < -0.3 is 5.11 Å². The van der Waals surface area contributed by atoms with Crippen LogP contribution in [0.25, 0.3) is 0 Å². The normalized spacial score (nSPS) is 63.8. The van der Waals surface area contributed by atoms with Crippen LogP contribution in [0.1, 0.15) is 39.5 Å².